The van der Waals surface area contributed by atoms with Crippen LogP contribution >= 0.6 is 0 Å². The van der Waals surface area contributed by atoms with Crippen LogP contribution in [0.5, 0.6) is 0 Å². The lowest BCUT2D eigenvalue weighted by Gasteiger charge is -2.03. The summed E-state index contributed by atoms with van der Waals surface area (Å²) in [5.74, 6) is -0.407. The Kier molecular flexibility index (Phi) is 4.35. The third-order valence-corrected chi connectivity index (χ3v) is 2.76. The van der Waals surface area contributed by atoms with Crippen LogP contribution in [0.2, 0.25) is 0 Å². The maximum Gasteiger partial charge on any atom is 0.278 e. The summed E-state index contributed by atoms with van der Waals surface area (Å²) < 4.78 is 0. The molecule has 0 aliphatic heterocycles. The van der Waals surface area contributed by atoms with Crippen molar-refractivity contribution in [3.8, 4) is 0 Å². The van der Waals surface area contributed by atoms with Crippen molar-refractivity contribution in [2.24, 2.45) is 5.10 Å². The molecule has 0 aliphatic rings. The van der Waals surface area contributed by atoms with E-state index in [0.29, 0.717) is 16.8 Å². The van der Waals surface area contributed by atoms with Gasteiger partial charge < -0.3 is 0 Å². The summed E-state index contributed by atoms with van der Waals surface area (Å²) in [6.45, 7) is 1.59. The Morgan fingerprint density at radius 2 is 1.90 bits per heavy atom. The number of para-hydroxylation sites is 1. The molecule has 21 heavy (non-hydrogen) atoms. The standard InChI is InChI=1S/C14H12N4O3/c1-10(12-4-2-3-5-13(12)18(20)21)16-17-14(19)11-6-8-15-9-7-11/h2-9H,1H3,(H,17,19)/b16-10-. The van der Waals surface area contributed by atoms with Crippen LogP contribution in [0.15, 0.2) is 53.9 Å². The third-order valence-electron chi connectivity index (χ3n) is 2.76. The van der Waals surface area contributed by atoms with Gasteiger partial charge in [-0.15, -0.1) is 0 Å². The molecule has 1 aromatic carbocycles. The van der Waals surface area contributed by atoms with E-state index in [0.717, 1.165) is 0 Å². The summed E-state index contributed by atoms with van der Waals surface area (Å²) in [6, 6.07) is 9.31. The van der Waals surface area contributed by atoms with Crippen LogP contribution < -0.4 is 5.43 Å². The largest absolute Gasteiger partial charge is 0.278 e. The van der Waals surface area contributed by atoms with Crippen LogP contribution in [-0.4, -0.2) is 21.5 Å². The minimum absolute atomic E-state index is 0.0584. The van der Waals surface area contributed by atoms with Gasteiger partial charge in [0.25, 0.3) is 11.6 Å². The van der Waals surface area contributed by atoms with E-state index in [1.165, 1.54) is 18.5 Å². The average molecular weight is 284 g/mol. The molecule has 106 valence electrons. The summed E-state index contributed by atoms with van der Waals surface area (Å²) in [5.41, 5.74) is 3.42. The van der Waals surface area contributed by atoms with Crippen LogP contribution in [0.25, 0.3) is 0 Å². The van der Waals surface area contributed by atoms with Crippen molar-refractivity contribution in [1.29, 1.82) is 0 Å². The number of hydrogen-bond donors (Lipinski definition) is 1. The lowest BCUT2D eigenvalue weighted by Crippen LogP contribution is -2.19. The first kappa shape index (κ1) is 14.3. The molecule has 0 aliphatic carbocycles. The summed E-state index contributed by atoms with van der Waals surface area (Å²) >= 11 is 0. The number of hydrazone groups is 1. The number of nitro groups is 1. The number of nitro benzene ring substituents is 1. The lowest BCUT2D eigenvalue weighted by molar-refractivity contribution is -0.385. The van der Waals surface area contributed by atoms with Gasteiger partial charge in [-0.3, -0.25) is 19.9 Å². The number of carbonyl (C=O) groups is 1. The van der Waals surface area contributed by atoms with Crippen molar-refractivity contribution < 1.29 is 9.72 Å². The molecule has 7 heteroatoms. The number of benzene rings is 1. The van der Waals surface area contributed by atoms with Crippen molar-refractivity contribution >= 4 is 17.3 Å². The van der Waals surface area contributed by atoms with Crippen LogP contribution in [0.1, 0.15) is 22.8 Å². The van der Waals surface area contributed by atoms with Crippen molar-refractivity contribution in [1.82, 2.24) is 10.4 Å². The van der Waals surface area contributed by atoms with Gasteiger partial charge in [-0.1, -0.05) is 12.1 Å². The molecule has 0 spiro atoms. The number of nitrogens with one attached hydrogen (secondary N) is 1. The Labute approximate surface area is 120 Å². The monoisotopic (exact) mass is 284 g/mol. The van der Waals surface area contributed by atoms with Crippen molar-refractivity contribution in [2.45, 2.75) is 6.92 Å². The number of carbonyl (C=O) groups excluding carboxylic acids is 1. The molecule has 2 rings (SSSR count). The summed E-state index contributed by atoms with van der Waals surface area (Å²) in [7, 11) is 0. The second-order valence-corrected chi connectivity index (χ2v) is 4.15. The fourth-order valence-electron chi connectivity index (χ4n) is 1.70. The molecule has 1 N–H and O–H groups in total. The Morgan fingerprint density at radius 1 is 1.24 bits per heavy atom. The van der Waals surface area contributed by atoms with Crippen LogP contribution in [0, 0.1) is 10.1 Å². The number of hydrogen-bond acceptors (Lipinski definition) is 5. The maximum atomic E-state index is 11.8. The molecule has 0 radical (unpaired) electrons. The molecular formula is C14H12N4O3. The highest BCUT2D eigenvalue weighted by Gasteiger charge is 2.15. The first-order valence-electron chi connectivity index (χ1n) is 6.08. The van der Waals surface area contributed by atoms with E-state index in [4.69, 9.17) is 0 Å². The van der Waals surface area contributed by atoms with E-state index in [1.807, 2.05) is 0 Å². The fraction of sp³-hybridized carbons (Fsp3) is 0.0714. The predicted molar refractivity (Wildman–Crippen MR) is 77.0 cm³/mol. The fourth-order valence-corrected chi connectivity index (χ4v) is 1.70. The van der Waals surface area contributed by atoms with E-state index in [9.17, 15) is 14.9 Å². The van der Waals surface area contributed by atoms with E-state index in [2.05, 4.69) is 15.5 Å². The third kappa shape index (κ3) is 3.47. The van der Waals surface area contributed by atoms with Crippen LogP contribution in [-0.2, 0) is 0 Å². The van der Waals surface area contributed by atoms with Gasteiger partial charge in [0.1, 0.15) is 0 Å². The zero-order valence-corrected chi connectivity index (χ0v) is 11.2. The second-order valence-electron chi connectivity index (χ2n) is 4.15. The van der Waals surface area contributed by atoms with E-state index in [1.54, 1.807) is 37.3 Å². The quantitative estimate of drug-likeness (QED) is 0.528. The molecule has 0 saturated heterocycles. The molecule has 1 heterocycles. The SMILES string of the molecule is C/C(=N/NC(=O)c1ccncc1)c1ccccc1[N+](=O)[O-]. The summed E-state index contributed by atoms with van der Waals surface area (Å²) in [5, 5.41) is 14.8. The smallest absolute Gasteiger partial charge is 0.267 e. The van der Waals surface area contributed by atoms with Gasteiger partial charge in [-0.2, -0.15) is 5.10 Å². The van der Waals surface area contributed by atoms with Gasteiger partial charge in [0.2, 0.25) is 0 Å². The summed E-state index contributed by atoms with van der Waals surface area (Å²) in [6.07, 6.45) is 2.99. The highest BCUT2D eigenvalue weighted by molar-refractivity contribution is 6.03. The van der Waals surface area contributed by atoms with Crippen LogP contribution in [0.4, 0.5) is 5.69 Å². The van der Waals surface area contributed by atoms with E-state index < -0.39 is 10.8 Å². The Morgan fingerprint density at radius 3 is 2.57 bits per heavy atom. The average Bonchev–Trinajstić information content (AvgIpc) is 2.53. The van der Waals surface area contributed by atoms with Crippen molar-refractivity contribution in [3.05, 3.63) is 70.0 Å². The van der Waals surface area contributed by atoms with Crippen molar-refractivity contribution in [2.75, 3.05) is 0 Å². The van der Waals surface area contributed by atoms with Gasteiger partial charge in [0.05, 0.1) is 16.2 Å². The zero-order chi connectivity index (χ0) is 15.2. The number of aromatic nitrogens is 1. The molecular weight excluding hydrogens is 272 g/mol. The van der Waals surface area contributed by atoms with Gasteiger partial charge in [-0.25, -0.2) is 5.43 Å². The number of pyridine rings is 1. The molecule has 0 saturated carbocycles. The normalized spacial score (nSPS) is 11.0. The number of amides is 1. The molecule has 0 unspecified atom stereocenters. The van der Waals surface area contributed by atoms with Gasteiger partial charge in [0, 0.05) is 24.0 Å². The molecule has 0 bridgehead atoms. The lowest BCUT2D eigenvalue weighted by atomic mass is 10.1. The Balaban J connectivity index is 2.19. The topological polar surface area (TPSA) is 97.5 Å². The van der Waals surface area contributed by atoms with Crippen LogP contribution in [0.3, 0.4) is 0 Å². The van der Waals surface area contributed by atoms with Gasteiger partial charge in [0.15, 0.2) is 0 Å². The second kappa shape index (κ2) is 6.38. The maximum absolute atomic E-state index is 11.8. The molecule has 1 amide bonds. The zero-order valence-electron chi connectivity index (χ0n) is 11.2. The first-order chi connectivity index (χ1) is 10.1. The highest BCUT2D eigenvalue weighted by atomic mass is 16.6. The number of nitrogens with zero attached hydrogens (tertiary/aromatic N) is 3. The Bertz CT molecular complexity index is 698. The van der Waals surface area contributed by atoms with Gasteiger partial charge in [-0.05, 0) is 25.1 Å². The molecule has 2 aromatic rings. The Hall–Kier alpha value is -3.09. The molecule has 1 aromatic heterocycles. The molecule has 0 atom stereocenters. The summed E-state index contributed by atoms with van der Waals surface area (Å²) in [4.78, 5) is 26.1. The number of rotatable bonds is 4. The minimum atomic E-state index is -0.487. The first-order valence-corrected chi connectivity index (χ1v) is 6.08. The molecule has 7 nitrogen and oxygen atoms in total. The van der Waals surface area contributed by atoms with E-state index >= 15 is 0 Å². The van der Waals surface area contributed by atoms with E-state index in [-0.39, 0.29) is 5.69 Å². The van der Waals surface area contributed by atoms with Gasteiger partial charge >= 0.3 is 0 Å². The van der Waals surface area contributed by atoms with Crippen molar-refractivity contribution in [3.63, 3.8) is 0 Å². The predicted octanol–water partition coefficient (Wildman–Crippen LogP) is 2.14. The molecule has 0 fully saturated rings. The minimum Gasteiger partial charge on any atom is -0.267 e. The highest BCUT2D eigenvalue weighted by Crippen LogP contribution is 2.18.